The Morgan fingerprint density at radius 2 is 1.68 bits per heavy atom. The first-order valence-corrected chi connectivity index (χ1v) is 9.78. The quantitative estimate of drug-likeness (QED) is 0.858. The van der Waals surface area contributed by atoms with Crippen LogP contribution in [0.1, 0.15) is 37.7 Å². The maximum atomic E-state index is 12.2. The summed E-state index contributed by atoms with van der Waals surface area (Å²) in [6.07, 6.45) is 7.89. The van der Waals surface area contributed by atoms with E-state index in [1.165, 1.54) is 19.3 Å². The number of aryl methyl sites for hydroxylation is 1. The standard InChI is InChI=1S/C14H21NO2S2/c1-12-8-10-14(11-9-12)19(16,17)15-18(2)13-6-4-3-5-7-13/h8-11,13H,3-7H2,1-2H3/t18-/m1/s1. The normalized spacial score (nSPS) is 19.5. The fourth-order valence-corrected chi connectivity index (χ4v) is 5.94. The van der Waals surface area contributed by atoms with Gasteiger partial charge in [0.05, 0.1) is 4.90 Å². The Kier molecular flexibility index (Phi) is 4.79. The van der Waals surface area contributed by atoms with Crippen molar-refractivity contribution in [3.8, 4) is 0 Å². The zero-order valence-electron chi connectivity index (χ0n) is 11.5. The summed E-state index contributed by atoms with van der Waals surface area (Å²) in [5.74, 6) is 0. The van der Waals surface area contributed by atoms with Crippen molar-refractivity contribution in [1.29, 1.82) is 0 Å². The first-order chi connectivity index (χ1) is 8.99. The Labute approximate surface area is 118 Å². The molecule has 0 amide bonds. The van der Waals surface area contributed by atoms with Crippen molar-refractivity contribution in [3.05, 3.63) is 29.8 Å². The van der Waals surface area contributed by atoms with Crippen molar-refractivity contribution in [2.45, 2.75) is 49.2 Å². The maximum absolute atomic E-state index is 12.2. The van der Waals surface area contributed by atoms with Gasteiger partial charge in [0, 0.05) is 5.25 Å². The van der Waals surface area contributed by atoms with Crippen molar-refractivity contribution in [1.82, 2.24) is 0 Å². The summed E-state index contributed by atoms with van der Waals surface area (Å²) in [5.41, 5.74) is 1.06. The summed E-state index contributed by atoms with van der Waals surface area (Å²) < 4.78 is 28.6. The van der Waals surface area contributed by atoms with Gasteiger partial charge in [0.1, 0.15) is 0 Å². The minimum atomic E-state index is -3.49. The molecule has 0 N–H and O–H groups in total. The summed E-state index contributed by atoms with van der Waals surface area (Å²) in [4.78, 5) is 0.313. The molecule has 106 valence electrons. The molecule has 0 saturated heterocycles. The van der Waals surface area contributed by atoms with Gasteiger partial charge in [-0.2, -0.15) is 8.42 Å². The minimum Gasteiger partial charge on any atom is -0.199 e. The van der Waals surface area contributed by atoms with Crippen LogP contribution in [0.3, 0.4) is 0 Å². The predicted molar refractivity (Wildman–Crippen MR) is 81.0 cm³/mol. The van der Waals surface area contributed by atoms with E-state index in [1.54, 1.807) is 12.1 Å². The number of rotatable bonds is 3. The van der Waals surface area contributed by atoms with E-state index in [4.69, 9.17) is 0 Å². The lowest BCUT2D eigenvalue weighted by Gasteiger charge is -2.21. The lowest BCUT2D eigenvalue weighted by Crippen LogP contribution is -2.18. The summed E-state index contributed by atoms with van der Waals surface area (Å²) >= 11 is 0. The zero-order chi connectivity index (χ0) is 13.9. The van der Waals surface area contributed by atoms with Crippen molar-refractivity contribution >= 4 is 20.7 Å². The lowest BCUT2D eigenvalue weighted by atomic mass is 10.0. The summed E-state index contributed by atoms with van der Waals surface area (Å²) in [5, 5.41) is 0.453. The molecule has 2 rings (SSSR count). The van der Waals surface area contributed by atoms with E-state index in [0.29, 0.717) is 10.1 Å². The molecule has 1 aromatic rings. The van der Waals surface area contributed by atoms with Gasteiger partial charge in [-0.15, -0.1) is 3.77 Å². The second-order valence-corrected chi connectivity index (χ2v) is 8.88. The first kappa shape index (κ1) is 14.7. The summed E-state index contributed by atoms with van der Waals surface area (Å²) in [6, 6.07) is 6.92. The second kappa shape index (κ2) is 6.18. The minimum absolute atomic E-state index is 0.313. The molecule has 5 heteroatoms. The smallest absolute Gasteiger partial charge is 0.199 e. The van der Waals surface area contributed by atoms with E-state index in [0.717, 1.165) is 18.4 Å². The fourth-order valence-electron chi connectivity index (χ4n) is 2.38. The van der Waals surface area contributed by atoms with Gasteiger partial charge in [-0.25, -0.2) is 0 Å². The number of hydrogen-bond acceptors (Lipinski definition) is 2. The average molecular weight is 299 g/mol. The van der Waals surface area contributed by atoms with Crippen molar-refractivity contribution < 1.29 is 8.42 Å². The molecule has 0 radical (unpaired) electrons. The van der Waals surface area contributed by atoms with Crippen LogP contribution in [0.15, 0.2) is 32.9 Å². The Balaban J connectivity index is 2.22. The molecule has 0 heterocycles. The van der Waals surface area contributed by atoms with Gasteiger partial charge in [-0.05, 0) is 38.2 Å². The van der Waals surface area contributed by atoms with E-state index in [-0.39, 0.29) is 0 Å². The molecular weight excluding hydrogens is 278 g/mol. The molecule has 1 fully saturated rings. The molecule has 0 unspecified atom stereocenters. The van der Waals surface area contributed by atoms with E-state index in [1.807, 2.05) is 25.3 Å². The highest BCUT2D eigenvalue weighted by atomic mass is 32.3. The van der Waals surface area contributed by atoms with Crippen molar-refractivity contribution in [2.75, 3.05) is 6.26 Å². The average Bonchev–Trinajstić information content (AvgIpc) is 2.40. The third-order valence-electron chi connectivity index (χ3n) is 3.57. The second-order valence-electron chi connectivity index (χ2n) is 5.15. The predicted octanol–water partition coefficient (Wildman–Crippen LogP) is 3.45. The molecule has 3 nitrogen and oxygen atoms in total. The highest BCUT2D eigenvalue weighted by Crippen LogP contribution is 2.24. The molecule has 0 spiro atoms. The van der Waals surface area contributed by atoms with E-state index in [2.05, 4.69) is 3.77 Å². The van der Waals surface area contributed by atoms with Crippen LogP contribution in [0.2, 0.25) is 0 Å². The molecule has 0 bridgehead atoms. The number of nitrogens with zero attached hydrogens (tertiary/aromatic N) is 1. The highest BCUT2D eigenvalue weighted by molar-refractivity contribution is 8.00. The monoisotopic (exact) mass is 299 g/mol. The molecule has 1 aliphatic rings. The highest BCUT2D eigenvalue weighted by Gasteiger charge is 2.19. The molecule has 1 aliphatic carbocycles. The Hall–Kier alpha value is -0.680. The number of hydrogen-bond donors (Lipinski definition) is 0. The van der Waals surface area contributed by atoms with Crippen LogP contribution in [0, 0.1) is 6.92 Å². The Morgan fingerprint density at radius 1 is 1.11 bits per heavy atom. The SMILES string of the molecule is Cc1ccc(S(=O)(=O)/N=[S@](/C)C2CCCCC2)cc1. The molecule has 1 saturated carbocycles. The Morgan fingerprint density at radius 3 is 2.26 bits per heavy atom. The van der Waals surface area contributed by atoms with Crippen LogP contribution in [0.5, 0.6) is 0 Å². The lowest BCUT2D eigenvalue weighted by molar-refractivity contribution is 0.514. The fraction of sp³-hybridized carbons (Fsp3) is 0.571. The van der Waals surface area contributed by atoms with Gasteiger partial charge in [0.15, 0.2) is 0 Å². The molecule has 0 aromatic heterocycles. The van der Waals surface area contributed by atoms with Crippen LogP contribution in [0.4, 0.5) is 0 Å². The van der Waals surface area contributed by atoms with Gasteiger partial charge >= 0.3 is 0 Å². The topological polar surface area (TPSA) is 46.5 Å². The van der Waals surface area contributed by atoms with Gasteiger partial charge in [0.25, 0.3) is 10.0 Å². The molecule has 0 aliphatic heterocycles. The van der Waals surface area contributed by atoms with Crippen LogP contribution in [-0.2, 0) is 20.7 Å². The van der Waals surface area contributed by atoms with Gasteiger partial charge in [-0.1, -0.05) is 47.6 Å². The summed E-state index contributed by atoms with van der Waals surface area (Å²) in [6.45, 7) is 1.94. The Bertz CT molecular complexity index is 556. The molecule has 19 heavy (non-hydrogen) atoms. The number of benzene rings is 1. The third-order valence-corrected chi connectivity index (χ3v) is 7.60. The maximum Gasteiger partial charge on any atom is 0.287 e. The number of sulfonamides is 1. The zero-order valence-corrected chi connectivity index (χ0v) is 13.1. The van der Waals surface area contributed by atoms with E-state index < -0.39 is 20.7 Å². The van der Waals surface area contributed by atoms with Crippen LogP contribution >= 0.6 is 0 Å². The molecule has 1 atom stereocenters. The molecule has 1 aromatic carbocycles. The van der Waals surface area contributed by atoms with Gasteiger partial charge in [0.2, 0.25) is 0 Å². The first-order valence-electron chi connectivity index (χ1n) is 6.68. The van der Waals surface area contributed by atoms with Crippen molar-refractivity contribution in [2.24, 2.45) is 3.77 Å². The van der Waals surface area contributed by atoms with Gasteiger partial charge in [-0.3, -0.25) is 0 Å². The third kappa shape index (κ3) is 3.89. The van der Waals surface area contributed by atoms with E-state index >= 15 is 0 Å². The van der Waals surface area contributed by atoms with Gasteiger partial charge < -0.3 is 0 Å². The summed E-state index contributed by atoms with van der Waals surface area (Å²) in [7, 11) is -3.88. The van der Waals surface area contributed by atoms with Crippen molar-refractivity contribution in [3.63, 3.8) is 0 Å². The molecular formula is C14H21NO2S2. The van der Waals surface area contributed by atoms with Crippen LogP contribution in [-0.4, -0.2) is 19.9 Å². The van der Waals surface area contributed by atoms with E-state index in [9.17, 15) is 8.42 Å². The van der Waals surface area contributed by atoms with Crippen LogP contribution < -0.4 is 0 Å². The van der Waals surface area contributed by atoms with Crippen LogP contribution in [0.25, 0.3) is 0 Å². The largest absolute Gasteiger partial charge is 0.287 e.